The number of carbonyl (C=O) groups is 1. The molecule has 1 N–H and O–H groups in total. The number of alkyl halides is 3. The van der Waals surface area contributed by atoms with E-state index in [2.05, 4.69) is 5.32 Å². The fraction of sp³-hybridized carbons (Fsp3) is 0.545. The second-order valence-corrected chi connectivity index (χ2v) is 4.90. The summed E-state index contributed by atoms with van der Waals surface area (Å²) in [7, 11) is 1.59. The molecule has 18 heavy (non-hydrogen) atoms. The Morgan fingerprint density at radius 1 is 1.50 bits per heavy atom. The number of hydrogen-bond acceptors (Lipinski definition) is 3. The number of rotatable bonds is 6. The minimum Gasteiger partial charge on any atom is -0.344 e. The van der Waals surface area contributed by atoms with Gasteiger partial charge in [0.1, 0.15) is 0 Å². The number of likely N-dealkylation sites (N-methyl/N-ethyl adjacent to an activating group) is 1. The van der Waals surface area contributed by atoms with Crippen LogP contribution in [-0.2, 0) is 11.2 Å². The first kappa shape index (κ1) is 15.0. The number of thiophene rings is 1. The Morgan fingerprint density at radius 3 is 2.78 bits per heavy atom. The summed E-state index contributed by atoms with van der Waals surface area (Å²) in [5.41, 5.74) is 0. The summed E-state index contributed by atoms with van der Waals surface area (Å²) < 4.78 is 35.6. The summed E-state index contributed by atoms with van der Waals surface area (Å²) in [5.74, 6) is -0.337. The molecule has 102 valence electrons. The second kappa shape index (κ2) is 6.75. The number of amides is 1. The summed E-state index contributed by atoms with van der Waals surface area (Å²) in [4.78, 5) is 14.1. The lowest BCUT2D eigenvalue weighted by Gasteiger charge is -2.17. The molecule has 0 bridgehead atoms. The van der Waals surface area contributed by atoms with Crippen LogP contribution in [-0.4, -0.2) is 43.7 Å². The Morgan fingerprint density at radius 2 is 2.22 bits per heavy atom. The van der Waals surface area contributed by atoms with Crippen molar-refractivity contribution < 1.29 is 18.0 Å². The van der Waals surface area contributed by atoms with Crippen molar-refractivity contribution in [2.24, 2.45) is 0 Å². The molecule has 1 aromatic rings. The van der Waals surface area contributed by atoms with E-state index in [4.69, 9.17) is 0 Å². The van der Waals surface area contributed by atoms with Crippen LogP contribution in [0, 0.1) is 0 Å². The van der Waals surface area contributed by atoms with E-state index < -0.39 is 12.7 Å². The Labute approximate surface area is 108 Å². The lowest BCUT2D eigenvalue weighted by atomic mass is 10.3. The van der Waals surface area contributed by atoms with Crippen LogP contribution >= 0.6 is 11.3 Å². The van der Waals surface area contributed by atoms with Gasteiger partial charge in [-0.1, -0.05) is 6.07 Å². The summed E-state index contributed by atoms with van der Waals surface area (Å²) >= 11 is 1.60. The molecule has 1 heterocycles. The third kappa shape index (κ3) is 6.02. The molecule has 0 radical (unpaired) electrons. The Kier molecular flexibility index (Phi) is 5.61. The molecule has 0 saturated heterocycles. The van der Waals surface area contributed by atoms with Gasteiger partial charge in [0.25, 0.3) is 0 Å². The number of nitrogens with zero attached hydrogens (tertiary/aromatic N) is 1. The molecule has 0 aliphatic heterocycles. The van der Waals surface area contributed by atoms with Gasteiger partial charge in [0.15, 0.2) is 0 Å². The topological polar surface area (TPSA) is 32.3 Å². The zero-order valence-electron chi connectivity index (χ0n) is 9.96. The van der Waals surface area contributed by atoms with Gasteiger partial charge in [-0.15, -0.1) is 11.3 Å². The van der Waals surface area contributed by atoms with Crippen LogP contribution in [0.3, 0.4) is 0 Å². The minimum atomic E-state index is -4.28. The molecule has 1 aromatic heterocycles. The summed E-state index contributed by atoms with van der Waals surface area (Å²) in [5, 5.41) is 4.03. The van der Waals surface area contributed by atoms with E-state index >= 15 is 0 Å². The van der Waals surface area contributed by atoms with Crippen molar-refractivity contribution >= 4 is 17.2 Å². The monoisotopic (exact) mass is 280 g/mol. The first-order valence-corrected chi connectivity index (χ1v) is 6.30. The van der Waals surface area contributed by atoms with Crippen LogP contribution in [0.5, 0.6) is 0 Å². The molecule has 0 unspecified atom stereocenters. The molecule has 0 spiro atoms. The summed E-state index contributed by atoms with van der Waals surface area (Å²) in [6, 6.07) is 3.89. The molecule has 1 amide bonds. The molecular formula is C11H15F3N2OS. The third-order valence-corrected chi connectivity index (χ3v) is 3.24. The van der Waals surface area contributed by atoms with Crippen LogP contribution in [0.15, 0.2) is 17.5 Å². The molecule has 1 rings (SSSR count). The van der Waals surface area contributed by atoms with Crippen molar-refractivity contribution in [3.05, 3.63) is 22.4 Å². The maximum absolute atomic E-state index is 11.9. The van der Waals surface area contributed by atoms with Gasteiger partial charge in [0, 0.05) is 18.5 Å². The van der Waals surface area contributed by atoms with Gasteiger partial charge in [-0.05, 0) is 17.9 Å². The molecule has 0 fully saturated rings. The van der Waals surface area contributed by atoms with Crippen LogP contribution in [0.2, 0.25) is 0 Å². The Bertz CT molecular complexity index is 365. The van der Waals surface area contributed by atoms with Gasteiger partial charge in [-0.2, -0.15) is 13.2 Å². The first-order valence-electron chi connectivity index (χ1n) is 5.42. The first-order chi connectivity index (χ1) is 8.38. The average molecular weight is 280 g/mol. The maximum atomic E-state index is 11.9. The normalized spacial score (nSPS) is 11.6. The van der Waals surface area contributed by atoms with E-state index in [-0.39, 0.29) is 12.5 Å². The van der Waals surface area contributed by atoms with E-state index in [1.54, 1.807) is 18.4 Å². The zero-order valence-corrected chi connectivity index (χ0v) is 10.8. The Hall–Kier alpha value is -1.08. The standard InChI is InChI=1S/C11H15F3N2OS/c1-16(5-4-9-3-2-6-18-9)10(17)7-15-8-11(12,13)14/h2-3,6,15H,4-5,7-8H2,1H3. The van der Waals surface area contributed by atoms with Crippen molar-refractivity contribution in [2.45, 2.75) is 12.6 Å². The molecule has 0 aromatic carbocycles. The number of nitrogens with one attached hydrogen (secondary N) is 1. The van der Waals surface area contributed by atoms with Crippen molar-refractivity contribution in [3.63, 3.8) is 0 Å². The van der Waals surface area contributed by atoms with E-state index in [1.807, 2.05) is 17.5 Å². The fourth-order valence-electron chi connectivity index (χ4n) is 1.30. The fourth-order valence-corrected chi connectivity index (χ4v) is 2.00. The average Bonchev–Trinajstić information content (AvgIpc) is 2.76. The minimum absolute atomic E-state index is 0.291. The van der Waals surface area contributed by atoms with Crippen LogP contribution in [0.4, 0.5) is 13.2 Å². The van der Waals surface area contributed by atoms with E-state index in [0.717, 1.165) is 11.3 Å². The van der Waals surface area contributed by atoms with Gasteiger partial charge in [-0.25, -0.2) is 0 Å². The van der Waals surface area contributed by atoms with E-state index in [1.165, 1.54) is 4.90 Å². The van der Waals surface area contributed by atoms with Gasteiger partial charge < -0.3 is 10.2 Å². The highest BCUT2D eigenvalue weighted by Crippen LogP contribution is 2.12. The maximum Gasteiger partial charge on any atom is 0.401 e. The number of halogens is 3. The predicted octanol–water partition coefficient (Wildman–Crippen LogP) is 1.90. The molecular weight excluding hydrogens is 265 g/mol. The SMILES string of the molecule is CN(CCc1cccs1)C(=O)CNCC(F)(F)F. The van der Waals surface area contributed by atoms with Crippen molar-refractivity contribution in [1.29, 1.82) is 0 Å². The number of hydrogen-bond donors (Lipinski definition) is 1. The molecule has 0 saturated carbocycles. The van der Waals surface area contributed by atoms with Crippen molar-refractivity contribution in [3.8, 4) is 0 Å². The summed E-state index contributed by atoms with van der Waals surface area (Å²) in [6.07, 6.45) is -3.56. The summed E-state index contributed by atoms with van der Waals surface area (Å²) in [6.45, 7) is -0.926. The van der Waals surface area contributed by atoms with Gasteiger partial charge >= 0.3 is 6.18 Å². The van der Waals surface area contributed by atoms with Gasteiger partial charge in [-0.3, -0.25) is 4.79 Å². The highest BCUT2D eigenvalue weighted by atomic mass is 32.1. The Balaban J connectivity index is 2.20. The van der Waals surface area contributed by atoms with Crippen LogP contribution in [0.25, 0.3) is 0 Å². The third-order valence-electron chi connectivity index (χ3n) is 2.30. The molecule has 0 aliphatic rings. The van der Waals surface area contributed by atoms with Crippen LogP contribution < -0.4 is 5.32 Å². The molecule has 0 aliphatic carbocycles. The predicted molar refractivity (Wildman–Crippen MR) is 64.6 cm³/mol. The van der Waals surface area contributed by atoms with E-state index in [9.17, 15) is 18.0 Å². The quantitative estimate of drug-likeness (QED) is 0.863. The molecule has 7 heteroatoms. The van der Waals surface area contributed by atoms with Crippen molar-refractivity contribution in [1.82, 2.24) is 10.2 Å². The van der Waals surface area contributed by atoms with Crippen LogP contribution in [0.1, 0.15) is 4.88 Å². The zero-order chi connectivity index (χ0) is 13.6. The largest absolute Gasteiger partial charge is 0.401 e. The number of carbonyl (C=O) groups excluding carboxylic acids is 1. The lowest BCUT2D eigenvalue weighted by Crippen LogP contribution is -2.39. The molecule has 3 nitrogen and oxygen atoms in total. The van der Waals surface area contributed by atoms with Crippen molar-refractivity contribution in [2.75, 3.05) is 26.7 Å². The second-order valence-electron chi connectivity index (χ2n) is 3.86. The highest BCUT2D eigenvalue weighted by molar-refractivity contribution is 7.09. The van der Waals surface area contributed by atoms with Gasteiger partial charge in [0.2, 0.25) is 5.91 Å². The molecule has 0 atom stereocenters. The van der Waals surface area contributed by atoms with E-state index in [0.29, 0.717) is 6.54 Å². The lowest BCUT2D eigenvalue weighted by molar-refractivity contribution is -0.133. The highest BCUT2D eigenvalue weighted by Gasteiger charge is 2.26. The smallest absolute Gasteiger partial charge is 0.344 e. The van der Waals surface area contributed by atoms with Gasteiger partial charge in [0.05, 0.1) is 13.1 Å².